The Labute approximate surface area is 146 Å². The van der Waals surface area contributed by atoms with Crippen molar-refractivity contribution >= 4 is 17.5 Å². The zero-order valence-electron chi connectivity index (χ0n) is 13.8. The van der Waals surface area contributed by atoms with E-state index in [1.165, 1.54) is 4.90 Å². The van der Waals surface area contributed by atoms with E-state index in [1.807, 2.05) is 41.3 Å². The van der Waals surface area contributed by atoms with Crippen molar-refractivity contribution in [2.24, 2.45) is 0 Å². The molecule has 0 bridgehead atoms. The van der Waals surface area contributed by atoms with Crippen LogP contribution in [-0.4, -0.2) is 40.9 Å². The highest BCUT2D eigenvalue weighted by Crippen LogP contribution is 2.33. The molecule has 0 unspecified atom stereocenters. The molecule has 0 saturated heterocycles. The van der Waals surface area contributed by atoms with Gasteiger partial charge in [0.05, 0.1) is 5.69 Å². The molecule has 25 heavy (non-hydrogen) atoms. The summed E-state index contributed by atoms with van der Waals surface area (Å²) in [4.78, 5) is 32.7. The first-order valence-electron chi connectivity index (χ1n) is 8.43. The van der Waals surface area contributed by atoms with E-state index in [0.717, 1.165) is 18.4 Å². The van der Waals surface area contributed by atoms with Crippen LogP contribution in [0.2, 0.25) is 0 Å². The van der Waals surface area contributed by atoms with Crippen molar-refractivity contribution in [3.8, 4) is 5.75 Å². The van der Waals surface area contributed by atoms with E-state index in [9.17, 15) is 9.59 Å². The van der Waals surface area contributed by atoms with Crippen molar-refractivity contribution in [3.05, 3.63) is 54.4 Å². The molecule has 4 rings (SSSR count). The van der Waals surface area contributed by atoms with Gasteiger partial charge in [0.15, 0.2) is 6.61 Å². The van der Waals surface area contributed by atoms with E-state index in [2.05, 4.69) is 4.98 Å². The van der Waals surface area contributed by atoms with Crippen LogP contribution in [0.4, 0.5) is 5.69 Å². The first-order chi connectivity index (χ1) is 12.2. The maximum absolute atomic E-state index is 12.9. The second-order valence-electron chi connectivity index (χ2n) is 6.35. The van der Waals surface area contributed by atoms with Crippen LogP contribution in [0.5, 0.6) is 5.75 Å². The van der Waals surface area contributed by atoms with Crippen molar-refractivity contribution in [1.29, 1.82) is 0 Å². The highest BCUT2D eigenvalue weighted by molar-refractivity contribution is 6.02. The van der Waals surface area contributed by atoms with Gasteiger partial charge in [0.1, 0.15) is 12.3 Å². The van der Waals surface area contributed by atoms with Crippen LogP contribution in [-0.2, 0) is 16.1 Å². The van der Waals surface area contributed by atoms with Gasteiger partial charge in [-0.25, -0.2) is 0 Å². The summed E-state index contributed by atoms with van der Waals surface area (Å²) in [6, 6.07) is 11.4. The molecule has 0 spiro atoms. The number of carbonyl (C=O) groups excluding carboxylic acids is 2. The molecule has 1 saturated carbocycles. The van der Waals surface area contributed by atoms with Gasteiger partial charge in [-0.3, -0.25) is 19.5 Å². The predicted octanol–water partition coefficient (Wildman–Crippen LogP) is 2.00. The summed E-state index contributed by atoms with van der Waals surface area (Å²) in [5.74, 6) is 0.403. The van der Waals surface area contributed by atoms with Crippen LogP contribution in [0.15, 0.2) is 48.8 Å². The molecule has 1 aromatic heterocycles. The number of fused-ring (bicyclic) bond motifs is 1. The molecule has 0 N–H and O–H groups in total. The number of aromatic nitrogens is 1. The van der Waals surface area contributed by atoms with E-state index in [-0.39, 0.29) is 31.0 Å². The lowest BCUT2D eigenvalue weighted by molar-refractivity contribution is -0.133. The number of amides is 2. The highest BCUT2D eigenvalue weighted by atomic mass is 16.5. The minimum absolute atomic E-state index is 0.0314. The van der Waals surface area contributed by atoms with Gasteiger partial charge in [0.2, 0.25) is 5.91 Å². The summed E-state index contributed by atoms with van der Waals surface area (Å²) in [5, 5.41) is 0. The quantitative estimate of drug-likeness (QED) is 0.837. The van der Waals surface area contributed by atoms with Crippen LogP contribution in [0.1, 0.15) is 18.4 Å². The van der Waals surface area contributed by atoms with Crippen molar-refractivity contribution in [3.63, 3.8) is 0 Å². The fraction of sp³-hybridized carbons (Fsp3) is 0.316. The van der Waals surface area contributed by atoms with Gasteiger partial charge in [0, 0.05) is 25.0 Å². The van der Waals surface area contributed by atoms with Gasteiger partial charge < -0.3 is 9.64 Å². The van der Waals surface area contributed by atoms with Crippen LogP contribution in [0, 0.1) is 0 Å². The van der Waals surface area contributed by atoms with Crippen LogP contribution >= 0.6 is 0 Å². The molecule has 128 valence electrons. The molecular formula is C19H19N3O3. The van der Waals surface area contributed by atoms with Crippen molar-refractivity contribution in [2.45, 2.75) is 25.4 Å². The Balaban J connectivity index is 1.53. The van der Waals surface area contributed by atoms with Gasteiger partial charge in [-0.05, 0) is 36.6 Å². The average Bonchev–Trinajstić information content (AvgIpc) is 3.48. The topological polar surface area (TPSA) is 62.7 Å². The summed E-state index contributed by atoms with van der Waals surface area (Å²) in [6.07, 6.45) is 5.52. The first kappa shape index (κ1) is 15.6. The van der Waals surface area contributed by atoms with E-state index in [4.69, 9.17) is 4.74 Å². The summed E-state index contributed by atoms with van der Waals surface area (Å²) in [5.41, 5.74) is 1.65. The minimum Gasteiger partial charge on any atom is -0.482 e. The van der Waals surface area contributed by atoms with E-state index >= 15 is 0 Å². The van der Waals surface area contributed by atoms with Gasteiger partial charge >= 0.3 is 0 Å². The monoisotopic (exact) mass is 337 g/mol. The summed E-state index contributed by atoms with van der Waals surface area (Å²) >= 11 is 0. The third-order valence-electron chi connectivity index (χ3n) is 4.49. The molecule has 2 amide bonds. The molecule has 1 aliphatic heterocycles. The molecule has 6 heteroatoms. The maximum atomic E-state index is 12.9. The molecule has 1 fully saturated rings. The van der Waals surface area contributed by atoms with Gasteiger partial charge in [-0.1, -0.05) is 18.2 Å². The Hall–Kier alpha value is -2.89. The molecule has 2 aromatic rings. The Kier molecular flexibility index (Phi) is 4.09. The first-order valence-corrected chi connectivity index (χ1v) is 8.43. The molecule has 6 nitrogen and oxygen atoms in total. The third kappa shape index (κ3) is 3.33. The number of ether oxygens (including phenoxy) is 1. The molecule has 1 aromatic carbocycles. The number of benzene rings is 1. The second kappa shape index (κ2) is 6.55. The smallest absolute Gasteiger partial charge is 0.265 e. The summed E-state index contributed by atoms with van der Waals surface area (Å²) < 4.78 is 5.44. The molecule has 1 aliphatic carbocycles. The Morgan fingerprint density at radius 1 is 1.24 bits per heavy atom. The number of hydrogen-bond donors (Lipinski definition) is 0. The Morgan fingerprint density at radius 3 is 2.84 bits per heavy atom. The number of rotatable bonds is 5. The largest absolute Gasteiger partial charge is 0.482 e. The third-order valence-corrected chi connectivity index (χ3v) is 4.49. The number of para-hydroxylation sites is 2. The number of anilines is 1. The van der Waals surface area contributed by atoms with Gasteiger partial charge in [-0.15, -0.1) is 0 Å². The lowest BCUT2D eigenvalue weighted by Crippen LogP contribution is -2.46. The second-order valence-corrected chi connectivity index (χ2v) is 6.35. The fourth-order valence-electron chi connectivity index (χ4n) is 3.05. The number of pyridine rings is 1. The SMILES string of the molecule is O=C1COc2ccccc2N1CC(=O)N(Cc1cccnc1)C1CC1. The minimum atomic E-state index is -0.191. The van der Waals surface area contributed by atoms with Gasteiger partial charge in [0.25, 0.3) is 5.91 Å². The number of carbonyl (C=O) groups is 2. The molecule has 2 heterocycles. The zero-order valence-corrected chi connectivity index (χ0v) is 13.8. The summed E-state index contributed by atoms with van der Waals surface area (Å²) in [6.45, 7) is 0.532. The summed E-state index contributed by atoms with van der Waals surface area (Å²) in [7, 11) is 0. The predicted molar refractivity (Wildman–Crippen MR) is 92.1 cm³/mol. The fourth-order valence-corrected chi connectivity index (χ4v) is 3.05. The average molecular weight is 337 g/mol. The highest BCUT2D eigenvalue weighted by Gasteiger charge is 2.35. The van der Waals surface area contributed by atoms with Crippen molar-refractivity contribution in [1.82, 2.24) is 9.88 Å². The van der Waals surface area contributed by atoms with Crippen LogP contribution < -0.4 is 9.64 Å². The maximum Gasteiger partial charge on any atom is 0.265 e. The lowest BCUT2D eigenvalue weighted by Gasteiger charge is -2.31. The van der Waals surface area contributed by atoms with Crippen LogP contribution in [0.25, 0.3) is 0 Å². The Bertz CT molecular complexity index is 790. The van der Waals surface area contributed by atoms with E-state index in [1.54, 1.807) is 12.4 Å². The van der Waals surface area contributed by atoms with Crippen molar-refractivity contribution in [2.75, 3.05) is 18.1 Å². The molecular weight excluding hydrogens is 318 g/mol. The zero-order chi connectivity index (χ0) is 17.2. The molecule has 0 atom stereocenters. The standard InChI is InChI=1S/C19H19N3O3/c23-18(21(15-7-8-15)11-14-4-3-9-20-10-14)12-22-16-5-1-2-6-17(16)25-13-19(22)24/h1-6,9-10,15H,7-8,11-13H2. The molecule has 0 radical (unpaired) electrons. The number of hydrogen-bond acceptors (Lipinski definition) is 4. The molecule has 2 aliphatic rings. The van der Waals surface area contributed by atoms with Crippen molar-refractivity contribution < 1.29 is 14.3 Å². The Morgan fingerprint density at radius 2 is 2.08 bits per heavy atom. The van der Waals surface area contributed by atoms with E-state index < -0.39 is 0 Å². The van der Waals surface area contributed by atoms with E-state index in [0.29, 0.717) is 18.0 Å². The normalized spacial score (nSPS) is 16.2. The van der Waals surface area contributed by atoms with Gasteiger partial charge in [-0.2, -0.15) is 0 Å². The number of nitrogens with zero attached hydrogens (tertiary/aromatic N) is 3. The lowest BCUT2D eigenvalue weighted by atomic mass is 10.2. The van der Waals surface area contributed by atoms with Crippen LogP contribution in [0.3, 0.4) is 0 Å².